The van der Waals surface area contributed by atoms with E-state index in [0.717, 1.165) is 16.7 Å². The molecule has 4 rings (SSSR count). The van der Waals surface area contributed by atoms with Gasteiger partial charge in [-0.1, -0.05) is 72.3 Å². The number of carbonyl (C=O) groups is 1. The molecular weight excluding hydrogens is 422 g/mol. The summed E-state index contributed by atoms with van der Waals surface area (Å²) in [5, 5.41) is 0.607. The molecule has 4 aromatic rings. The lowest BCUT2D eigenvalue weighted by Gasteiger charge is -2.23. The molecule has 160 valence electrons. The number of aromatic nitrogens is 2. The van der Waals surface area contributed by atoms with E-state index in [1.54, 1.807) is 29.2 Å². The van der Waals surface area contributed by atoms with Crippen molar-refractivity contribution in [2.75, 3.05) is 0 Å². The number of nitrogens with zero attached hydrogens (tertiary/aromatic N) is 2. The van der Waals surface area contributed by atoms with Gasteiger partial charge in [0, 0.05) is 35.4 Å². The van der Waals surface area contributed by atoms with Gasteiger partial charge in [0.2, 0.25) is 5.91 Å². The van der Waals surface area contributed by atoms with Gasteiger partial charge in [-0.15, -0.1) is 0 Å². The van der Waals surface area contributed by atoms with Crippen LogP contribution in [0.5, 0.6) is 0 Å². The highest BCUT2D eigenvalue weighted by atomic mass is 35.5. The van der Waals surface area contributed by atoms with Crippen LogP contribution in [0.3, 0.4) is 0 Å². The number of aromatic amines is 1. The van der Waals surface area contributed by atoms with Crippen LogP contribution >= 0.6 is 11.6 Å². The van der Waals surface area contributed by atoms with Crippen molar-refractivity contribution in [2.24, 2.45) is 0 Å². The number of H-pyrrole nitrogens is 1. The second-order valence-corrected chi connectivity index (χ2v) is 7.93. The molecule has 0 unspecified atom stereocenters. The van der Waals surface area contributed by atoms with Gasteiger partial charge in [0.25, 0.3) is 5.56 Å². The summed E-state index contributed by atoms with van der Waals surface area (Å²) in [7, 11) is 0. The Kier molecular flexibility index (Phi) is 6.78. The topological polar surface area (TPSA) is 66.1 Å². The smallest absolute Gasteiger partial charge is 0.254 e. The van der Waals surface area contributed by atoms with E-state index in [4.69, 9.17) is 11.6 Å². The molecule has 1 amide bonds. The average Bonchev–Trinajstić information content (AvgIpc) is 2.82. The first-order valence-corrected chi connectivity index (χ1v) is 10.7. The summed E-state index contributed by atoms with van der Waals surface area (Å²) >= 11 is 5.92. The molecule has 0 spiro atoms. The highest BCUT2D eigenvalue weighted by Gasteiger charge is 2.17. The van der Waals surface area contributed by atoms with E-state index >= 15 is 0 Å². The van der Waals surface area contributed by atoms with Crippen LogP contribution in [-0.4, -0.2) is 20.8 Å². The number of hydrogen-bond acceptors (Lipinski definition) is 3. The Labute approximate surface area is 191 Å². The minimum Gasteiger partial charge on any atom is -0.334 e. The SMILES string of the molecule is O=C(Cc1cnc(-c2ccc(Cl)cc2)[nH]c1=O)N(Cc1ccccc1)Cc1ccccc1. The summed E-state index contributed by atoms with van der Waals surface area (Å²) in [6.07, 6.45) is 1.45. The zero-order valence-corrected chi connectivity index (χ0v) is 18.1. The minimum atomic E-state index is -0.322. The van der Waals surface area contributed by atoms with Crippen LogP contribution in [0.15, 0.2) is 95.9 Å². The third kappa shape index (κ3) is 5.50. The second-order valence-electron chi connectivity index (χ2n) is 7.49. The minimum absolute atomic E-state index is 0.0249. The third-order valence-corrected chi connectivity index (χ3v) is 5.37. The zero-order chi connectivity index (χ0) is 22.3. The zero-order valence-electron chi connectivity index (χ0n) is 17.4. The Bertz CT molecular complexity index is 1200. The number of hydrogen-bond donors (Lipinski definition) is 1. The molecule has 1 aromatic heterocycles. The first-order chi connectivity index (χ1) is 15.6. The van der Waals surface area contributed by atoms with Crippen molar-refractivity contribution in [2.45, 2.75) is 19.5 Å². The highest BCUT2D eigenvalue weighted by molar-refractivity contribution is 6.30. The van der Waals surface area contributed by atoms with E-state index in [9.17, 15) is 9.59 Å². The van der Waals surface area contributed by atoms with Crippen LogP contribution in [0.2, 0.25) is 5.02 Å². The van der Waals surface area contributed by atoms with E-state index in [0.29, 0.717) is 29.5 Å². The summed E-state index contributed by atoms with van der Waals surface area (Å²) in [5.74, 6) is 0.303. The summed E-state index contributed by atoms with van der Waals surface area (Å²) in [5.41, 5.74) is 2.82. The molecule has 0 saturated heterocycles. The van der Waals surface area contributed by atoms with Crippen molar-refractivity contribution in [3.05, 3.63) is 123 Å². The number of halogens is 1. The number of carbonyl (C=O) groups excluding carboxylic acids is 1. The first-order valence-electron chi connectivity index (χ1n) is 10.3. The normalized spacial score (nSPS) is 10.7. The Hall–Kier alpha value is -3.70. The average molecular weight is 444 g/mol. The molecule has 0 fully saturated rings. The summed E-state index contributed by atoms with van der Waals surface area (Å²) in [6.45, 7) is 0.922. The Balaban J connectivity index is 1.54. The maximum atomic E-state index is 13.2. The van der Waals surface area contributed by atoms with Gasteiger partial charge in [0.15, 0.2) is 0 Å². The summed E-state index contributed by atoms with van der Waals surface area (Å²) in [4.78, 5) is 34.7. The lowest BCUT2D eigenvalue weighted by Crippen LogP contribution is -2.33. The third-order valence-electron chi connectivity index (χ3n) is 5.12. The molecule has 0 aliphatic heterocycles. The van der Waals surface area contributed by atoms with E-state index in [2.05, 4.69) is 9.97 Å². The van der Waals surface area contributed by atoms with Gasteiger partial charge in [-0.2, -0.15) is 0 Å². The molecular formula is C26H22ClN3O2. The fourth-order valence-electron chi connectivity index (χ4n) is 3.42. The molecule has 1 heterocycles. The Morgan fingerprint density at radius 3 is 1.94 bits per heavy atom. The fourth-order valence-corrected chi connectivity index (χ4v) is 3.54. The second kappa shape index (κ2) is 10.1. The van der Waals surface area contributed by atoms with Crippen LogP contribution in [0.25, 0.3) is 11.4 Å². The molecule has 6 heteroatoms. The Morgan fingerprint density at radius 1 is 0.844 bits per heavy atom. The van der Waals surface area contributed by atoms with Crippen LogP contribution in [-0.2, 0) is 24.3 Å². The first kappa shape index (κ1) is 21.5. The highest BCUT2D eigenvalue weighted by Crippen LogP contribution is 2.17. The van der Waals surface area contributed by atoms with Crippen LogP contribution in [0.4, 0.5) is 0 Å². The Morgan fingerprint density at radius 2 is 1.41 bits per heavy atom. The number of benzene rings is 3. The van der Waals surface area contributed by atoms with E-state index in [-0.39, 0.29) is 17.9 Å². The van der Waals surface area contributed by atoms with Gasteiger partial charge >= 0.3 is 0 Å². The van der Waals surface area contributed by atoms with E-state index < -0.39 is 0 Å². The van der Waals surface area contributed by atoms with Gasteiger partial charge in [0.1, 0.15) is 5.82 Å². The number of rotatable bonds is 7. The predicted molar refractivity (Wildman–Crippen MR) is 126 cm³/mol. The molecule has 0 radical (unpaired) electrons. The lowest BCUT2D eigenvalue weighted by molar-refractivity contribution is -0.131. The largest absolute Gasteiger partial charge is 0.334 e. The van der Waals surface area contributed by atoms with Gasteiger partial charge in [-0.25, -0.2) is 4.98 Å². The maximum Gasteiger partial charge on any atom is 0.254 e. The van der Waals surface area contributed by atoms with Crippen molar-refractivity contribution >= 4 is 17.5 Å². The van der Waals surface area contributed by atoms with Crippen LogP contribution < -0.4 is 5.56 Å². The van der Waals surface area contributed by atoms with Crippen molar-refractivity contribution in [3.8, 4) is 11.4 Å². The standard InChI is InChI=1S/C26H22ClN3O2/c27-23-13-11-21(12-14-23)25-28-16-22(26(32)29-25)15-24(31)30(17-19-7-3-1-4-8-19)18-20-9-5-2-6-10-20/h1-14,16H,15,17-18H2,(H,28,29,32). The van der Waals surface area contributed by atoms with Gasteiger partial charge in [-0.05, 0) is 35.4 Å². The maximum absolute atomic E-state index is 13.2. The molecule has 0 aliphatic rings. The molecule has 0 aliphatic carbocycles. The van der Waals surface area contributed by atoms with Gasteiger partial charge in [0.05, 0.1) is 6.42 Å². The molecule has 3 aromatic carbocycles. The van der Waals surface area contributed by atoms with Gasteiger partial charge in [-0.3, -0.25) is 9.59 Å². The molecule has 1 N–H and O–H groups in total. The summed E-state index contributed by atoms with van der Waals surface area (Å²) in [6, 6.07) is 26.7. The van der Waals surface area contributed by atoms with E-state index in [1.165, 1.54) is 6.20 Å². The van der Waals surface area contributed by atoms with Crippen molar-refractivity contribution in [1.29, 1.82) is 0 Å². The predicted octanol–water partition coefficient (Wildman–Crippen LogP) is 4.86. The number of amides is 1. The lowest BCUT2D eigenvalue weighted by atomic mass is 10.1. The molecule has 5 nitrogen and oxygen atoms in total. The quantitative estimate of drug-likeness (QED) is 0.443. The van der Waals surface area contributed by atoms with Crippen LogP contribution in [0, 0.1) is 0 Å². The van der Waals surface area contributed by atoms with Crippen molar-refractivity contribution in [3.63, 3.8) is 0 Å². The van der Waals surface area contributed by atoms with Gasteiger partial charge < -0.3 is 9.88 Å². The van der Waals surface area contributed by atoms with Crippen molar-refractivity contribution < 1.29 is 4.79 Å². The fraction of sp³-hybridized carbons (Fsp3) is 0.115. The molecule has 0 bridgehead atoms. The summed E-state index contributed by atoms with van der Waals surface area (Å²) < 4.78 is 0. The molecule has 0 saturated carbocycles. The monoisotopic (exact) mass is 443 g/mol. The van der Waals surface area contributed by atoms with Crippen LogP contribution in [0.1, 0.15) is 16.7 Å². The molecule has 32 heavy (non-hydrogen) atoms. The number of nitrogens with one attached hydrogen (secondary N) is 1. The van der Waals surface area contributed by atoms with Crippen molar-refractivity contribution in [1.82, 2.24) is 14.9 Å². The molecule has 0 atom stereocenters. The van der Waals surface area contributed by atoms with E-state index in [1.807, 2.05) is 60.7 Å².